The first-order valence-electron chi connectivity index (χ1n) is 7.57. The molecule has 9 heteroatoms. The minimum Gasteiger partial charge on any atom is -0.481 e. The first kappa shape index (κ1) is 16.8. The van der Waals surface area contributed by atoms with Crippen LogP contribution in [-0.2, 0) is 26.0 Å². The maximum atomic E-state index is 12.5. The number of rotatable bonds is 4. The van der Waals surface area contributed by atoms with Gasteiger partial charge in [0.25, 0.3) is 0 Å². The molecule has 2 atom stereocenters. The molecule has 1 N–H and O–H groups in total. The van der Waals surface area contributed by atoms with E-state index in [9.17, 15) is 23.1 Å². The highest BCUT2D eigenvalue weighted by Gasteiger charge is 2.59. The van der Waals surface area contributed by atoms with Crippen molar-refractivity contribution in [1.29, 1.82) is 0 Å². The van der Waals surface area contributed by atoms with E-state index in [1.807, 2.05) is 0 Å². The summed E-state index contributed by atoms with van der Waals surface area (Å²) in [6.45, 7) is 0.361. The van der Waals surface area contributed by atoms with Gasteiger partial charge in [-0.3, -0.25) is 14.6 Å². The van der Waals surface area contributed by atoms with Crippen molar-refractivity contribution in [1.82, 2.24) is 14.2 Å². The van der Waals surface area contributed by atoms with Crippen LogP contribution in [0.3, 0.4) is 0 Å². The SMILES string of the molecule is CS(=O)(=O)N1C[C@H]2CN(C(=O)Cc3cccnc3)C[C@@]2(C(=O)O)C1. The molecule has 0 aliphatic carbocycles. The second-order valence-corrected chi connectivity index (χ2v) is 8.51. The zero-order valence-electron chi connectivity index (χ0n) is 13.3. The molecule has 2 saturated heterocycles. The van der Waals surface area contributed by atoms with Crippen molar-refractivity contribution in [3.63, 3.8) is 0 Å². The Balaban J connectivity index is 1.76. The van der Waals surface area contributed by atoms with Crippen LogP contribution in [-0.4, -0.2) is 72.0 Å². The van der Waals surface area contributed by atoms with Gasteiger partial charge in [0, 0.05) is 44.5 Å². The minimum absolute atomic E-state index is 0.0398. The molecule has 2 aliphatic rings. The molecule has 0 aromatic carbocycles. The lowest BCUT2D eigenvalue weighted by atomic mass is 9.81. The second-order valence-electron chi connectivity index (χ2n) is 6.53. The zero-order valence-corrected chi connectivity index (χ0v) is 14.1. The van der Waals surface area contributed by atoms with Gasteiger partial charge in [-0.05, 0) is 11.6 Å². The van der Waals surface area contributed by atoms with Crippen LogP contribution in [0.5, 0.6) is 0 Å². The van der Waals surface area contributed by atoms with Crippen LogP contribution in [0, 0.1) is 11.3 Å². The Morgan fingerprint density at radius 2 is 2.12 bits per heavy atom. The minimum atomic E-state index is -3.44. The molecule has 0 spiro atoms. The topological polar surface area (TPSA) is 108 Å². The number of sulfonamides is 1. The van der Waals surface area contributed by atoms with Gasteiger partial charge in [-0.1, -0.05) is 6.07 Å². The summed E-state index contributed by atoms with van der Waals surface area (Å²) in [5, 5.41) is 9.68. The van der Waals surface area contributed by atoms with Crippen molar-refractivity contribution in [2.75, 3.05) is 32.4 Å². The number of hydrogen-bond acceptors (Lipinski definition) is 5. The van der Waals surface area contributed by atoms with Crippen LogP contribution >= 0.6 is 0 Å². The molecule has 0 saturated carbocycles. The van der Waals surface area contributed by atoms with Crippen LogP contribution in [0.25, 0.3) is 0 Å². The number of nitrogens with zero attached hydrogens (tertiary/aromatic N) is 3. The molecule has 1 aromatic rings. The number of carbonyl (C=O) groups is 2. The number of carbonyl (C=O) groups excluding carboxylic acids is 1. The Hall–Kier alpha value is -2.00. The van der Waals surface area contributed by atoms with Crippen molar-refractivity contribution >= 4 is 21.9 Å². The normalized spacial score (nSPS) is 27.2. The highest BCUT2D eigenvalue weighted by atomic mass is 32.2. The van der Waals surface area contributed by atoms with Crippen LogP contribution in [0.4, 0.5) is 0 Å². The summed E-state index contributed by atoms with van der Waals surface area (Å²) in [5.41, 5.74) is -0.449. The van der Waals surface area contributed by atoms with Gasteiger partial charge in [-0.15, -0.1) is 0 Å². The Bertz CT molecular complexity index is 767. The molecule has 8 nitrogen and oxygen atoms in total. The van der Waals surface area contributed by atoms with Crippen LogP contribution in [0.1, 0.15) is 5.56 Å². The fourth-order valence-electron chi connectivity index (χ4n) is 3.55. The van der Waals surface area contributed by atoms with E-state index < -0.39 is 21.4 Å². The van der Waals surface area contributed by atoms with Gasteiger partial charge in [0.05, 0.1) is 12.7 Å². The Labute approximate surface area is 140 Å². The fourth-order valence-corrected chi connectivity index (χ4v) is 4.47. The van der Waals surface area contributed by atoms with Gasteiger partial charge < -0.3 is 10.0 Å². The van der Waals surface area contributed by atoms with Crippen molar-refractivity contribution < 1.29 is 23.1 Å². The van der Waals surface area contributed by atoms with Gasteiger partial charge in [0.15, 0.2) is 0 Å². The molecule has 0 radical (unpaired) electrons. The highest BCUT2D eigenvalue weighted by Crippen LogP contribution is 2.43. The molecule has 24 heavy (non-hydrogen) atoms. The van der Waals surface area contributed by atoms with Crippen molar-refractivity contribution in [2.24, 2.45) is 11.3 Å². The standard InChI is InChI=1S/C15H19N3O5S/c1-24(22,23)18-8-12-7-17(9-15(12,10-18)14(20)21)13(19)5-11-3-2-4-16-6-11/h2-4,6,12H,5,7-10H2,1H3,(H,20,21)/t12-,15-/m1/s1. The molecule has 130 valence electrons. The Morgan fingerprint density at radius 3 is 2.67 bits per heavy atom. The maximum Gasteiger partial charge on any atom is 0.313 e. The van der Waals surface area contributed by atoms with Gasteiger partial charge in [0.2, 0.25) is 15.9 Å². The highest BCUT2D eigenvalue weighted by molar-refractivity contribution is 7.88. The van der Waals surface area contributed by atoms with Crippen molar-refractivity contribution in [3.8, 4) is 0 Å². The number of hydrogen-bond donors (Lipinski definition) is 1. The summed E-state index contributed by atoms with van der Waals surface area (Å²) in [6, 6.07) is 3.53. The van der Waals surface area contributed by atoms with E-state index in [2.05, 4.69) is 4.98 Å². The number of likely N-dealkylation sites (tertiary alicyclic amines) is 1. The van der Waals surface area contributed by atoms with Gasteiger partial charge in [-0.25, -0.2) is 12.7 Å². The van der Waals surface area contributed by atoms with E-state index in [1.54, 1.807) is 24.5 Å². The number of fused-ring (bicyclic) bond motifs is 1. The van der Waals surface area contributed by atoms with Gasteiger partial charge in [0.1, 0.15) is 5.41 Å². The van der Waals surface area contributed by atoms with E-state index in [1.165, 1.54) is 9.21 Å². The lowest BCUT2D eigenvalue weighted by molar-refractivity contribution is -0.148. The first-order valence-corrected chi connectivity index (χ1v) is 9.42. The lowest BCUT2D eigenvalue weighted by Gasteiger charge is -2.24. The largest absolute Gasteiger partial charge is 0.481 e. The lowest BCUT2D eigenvalue weighted by Crippen LogP contribution is -2.43. The summed E-state index contributed by atoms with van der Waals surface area (Å²) in [6.07, 6.45) is 4.46. The molecule has 2 aliphatic heterocycles. The van der Waals surface area contributed by atoms with E-state index in [0.29, 0.717) is 0 Å². The molecule has 1 aromatic heterocycles. The van der Waals surface area contributed by atoms with E-state index in [-0.39, 0.29) is 44.4 Å². The number of pyridine rings is 1. The third-order valence-corrected chi connectivity index (χ3v) is 6.12. The monoisotopic (exact) mass is 353 g/mol. The van der Waals surface area contributed by atoms with Crippen molar-refractivity contribution in [2.45, 2.75) is 6.42 Å². The van der Waals surface area contributed by atoms with Crippen LogP contribution in [0.15, 0.2) is 24.5 Å². The Morgan fingerprint density at radius 1 is 1.38 bits per heavy atom. The maximum absolute atomic E-state index is 12.5. The summed E-state index contributed by atoms with van der Waals surface area (Å²) in [5.74, 6) is -1.60. The van der Waals surface area contributed by atoms with E-state index in [4.69, 9.17) is 0 Å². The summed E-state index contributed by atoms with van der Waals surface area (Å²) < 4.78 is 24.7. The fraction of sp³-hybridized carbons (Fsp3) is 0.533. The van der Waals surface area contributed by atoms with Gasteiger partial charge in [-0.2, -0.15) is 0 Å². The molecular formula is C15H19N3O5S. The number of aliphatic carboxylic acids is 1. The van der Waals surface area contributed by atoms with E-state index >= 15 is 0 Å². The quantitative estimate of drug-likeness (QED) is 0.777. The second kappa shape index (κ2) is 5.82. The molecule has 3 heterocycles. The van der Waals surface area contributed by atoms with Gasteiger partial charge >= 0.3 is 5.97 Å². The average Bonchev–Trinajstić information content (AvgIpc) is 3.03. The molecule has 0 unspecified atom stereocenters. The van der Waals surface area contributed by atoms with Crippen LogP contribution in [0.2, 0.25) is 0 Å². The van der Waals surface area contributed by atoms with Crippen LogP contribution < -0.4 is 0 Å². The first-order chi connectivity index (χ1) is 11.2. The predicted octanol–water partition coefficient (Wildman–Crippen LogP) is -0.571. The molecular weight excluding hydrogens is 334 g/mol. The average molecular weight is 353 g/mol. The molecule has 1 amide bonds. The van der Waals surface area contributed by atoms with E-state index in [0.717, 1.165) is 11.8 Å². The molecule has 0 bridgehead atoms. The Kier molecular flexibility index (Phi) is 4.08. The predicted molar refractivity (Wildman–Crippen MR) is 84.5 cm³/mol. The third-order valence-electron chi connectivity index (χ3n) is 4.90. The number of carboxylic acids is 1. The number of carboxylic acid groups (broad SMARTS) is 1. The number of amides is 1. The molecule has 2 fully saturated rings. The summed E-state index contributed by atoms with van der Waals surface area (Å²) in [4.78, 5) is 29.8. The molecule has 3 rings (SSSR count). The smallest absolute Gasteiger partial charge is 0.313 e. The summed E-state index contributed by atoms with van der Waals surface area (Å²) in [7, 11) is -3.44. The third kappa shape index (κ3) is 2.89. The number of aromatic nitrogens is 1. The zero-order chi connectivity index (χ0) is 17.5. The van der Waals surface area contributed by atoms with Crippen molar-refractivity contribution in [3.05, 3.63) is 30.1 Å². The summed E-state index contributed by atoms with van der Waals surface area (Å²) >= 11 is 0.